The van der Waals surface area contributed by atoms with Crippen LogP contribution in [0, 0.1) is 0 Å². The molecule has 0 bridgehead atoms. The first-order valence-electron chi connectivity index (χ1n) is 3.70. The molecule has 1 aromatic heterocycles. The summed E-state index contributed by atoms with van der Waals surface area (Å²) in [5, 5.41) is 7.41. The number of nitrogens with zero attached hydrogens (tertiary/aromatic N) is 3. The molecule has 12 heavy (non-hydrogen) atoms. The Bertz CT molecular complexity index is 280. The van der Waals surface area contributed by atoms with Gasteiger partial charge in [-0.1, -0.05) is 18.7 Å². The summed E-state index contributed by atoms with van der Waals surface area (Å²) < 4.78 is 0. The third-order valence-corrected chi connectivity index (χ3v) is 1.30. The minimum atomic E-state index is -0.407. The second kappa shape index (κ2) is 3.34. The first-order valence-corrected chi connectivity index (χ1v) is 3.70. The van der Waals surface area contributed by atoms with Crippen LogP contribution >= 0.6 is 0 Å². The fourth-order valence-electron chi connectivity index (χ4n) is 0.701. The van der Waals surface area contributed by atoms with Gasteiger partial charge in [0.1, 0.15) is 0 Å². The van der Waals surface area contributed by atoms with Crippen molar-refractivity contribution >= 4 is 5.97 Å². The van der Waals surface area contributed by atoms with E-state index in [0.717, 1.165) is 10.5 Å². The van der Waals surface area contributed by atoms with Gasteiger partial charge in [-0.3, -0.25) is 0 Å². The summed E-state index contributed by atoms with van der Waals surface area (Å²) >= 11 is 0. The fraction of sp³-hybridized carbons (Fsp3) is 0.571. The van der Waals surface area contributed by atoms with E-state index in [1.165, 1.54) is 6.92 Å². The van der Waals surface area contributed by atoms with E-state index in [4.69, 9.17) is 0 Å². The van der Waals surface area contributed by atoms with Gasteiger partial charge in [-0.2, -0.15) is 0 Å². The van der Waals surface area contributed by atoms with Crippen LogP contribution in [0.2, 0.25) is 0 Å². The zero-order valence-electron chi connectivity index (χ0n) is 7.31. The van der Waals surface area contributed by atoms with Crippen molar-refractivity contribution in [3.05, 3.63) is 11.9 Å². The van der Waals surface area contributed by atoms with Crippen molar-refractivity contribution in [2.24, 2.45) is 0 Å². The molecule has 0 aliphatic rings. The van der Waals surface area contributed by atoms with E-state index in [1.54, 1.807) is 6.20 Å². The monoisotopic (exact) mass is 169 g/mol. The van der Waals surface area contributed by atoms with Crippen molar-refractivity contribution < 1.29 is 9.63 Å². The zero-order valence-corrected chi connectivity index (χ0v) is 7.31. The number of aromatic nitrogens is 3. The summed E-state index contributed by atoms with van der Waals surface area (Å²) in [5.41, 5.74) is 0.802. The molecule has 0 N–H and O–H groups in total. The Morgan fingerprint density at radius 2 is 2.33 bits per heavy atom. The number of rotatable bonds is 2. The first-order chi connectivity index (χ1) is 5.59. The van der Waals surface area contributed by atoms with Crippen LogP contribution < -0.4 is 4.84 Å². The third-order valence-electron chi connectivity index (χ3n) is 1.30. The second-order valence-corrected chi connectivity index (χ2v) is 2.78. The highest BCUT2D eigenvalue weighted by Crippen LogP contribution is 2.07. The maximum Gasteiger partial charge on any atom is 0.331 e. The lowest BCUT2D eigenvalue weighted by atomic mass is 10.2. The second-order valence-electron chi connectivity index (χ2n) is 2.78. The van der Waals surface area contributed by atoms with Gasteiger partial charge in [-0.25, -0.2) is 4.79 Å². The van der Waals surface area contributed by atoms with Crippen LogP contribution in [0.3, 0.4) is 0 Å². The maximum absolute atomic E-state index is 10.5. The van der Waals surface area contributed by atoms with E-state index >= 15 is 0 Å². The SMILES string of the molecule is CC(=O)On1cc(C(C)C)nn1. The van der Waals surface area contributed by atoms with Gasteiger partial charge in [0.05, 0.1) is 11.9 Å². The topological polar surface area (TPSA) is 57.0 Å². The zero-order chi connectivity index (χ0) is 9.14. The Morgan fingerprint density at radius 3 is 2.75 bits per heavy atom. The Balaban J connectivity index is 2.70. The van der Waals surface area contributed by atoms with E-state index < -0.39 is 5.97 Å². The van der Waals surface area contributed by atoms with Crippen LogP contribution in [-0.2, 0) is 4.79 Å². The molecule has 1 aromatic rings. The van der Waals surface area contributed by atoms with E-state index in [1.807, 2.05) is 13.8 Å². The number of carbonyl (C=O) groups is 1. The molecule has 0 amide bonds. The Kier molecular flexibility index (Phi) is 2.42. The van der Waals surface area contributed by atoms with Crippen LogP contribution in [0.5, 0.6) is 0 Å². The molecular formula is C7H11N3O2. The van der Waals surface area contributed by atoms with Gasteiger partial charge in [0.25, 0.3) is 0 Å². The summed E-state index contributed by atoms with van der Waals surface area (Å²) in [4.78, 5) is 16.2. The largest absolute Gasteiger partial charge is 0.331 e. The van der Waals surface area contributed by atoms with Gasteiger partial charge < -0.3 is 4.84 Å². The van der Waals surface area contributed by atoms with E-state index in [9.17, 15) is 4.79 Å². The lowest BCUT2D eigenvalue weighted by Gasteiger charge is -1.96. The van der Waals surface area contributed by atoms with Crippen LogP contribution in [-0.4, -0.2) is 21.1 Å². The van der Waals surface area contributed by atoms with Gasteiger partial charge in [0.2, 0.25) is 0 Å². The van der Waals surface area contributed by atoms with Crippen molar-refractivity contribution in [3.63, 3.8) is 0 Å². The Morgan fingerprint density at radius 1 is 1.67 bits per heavy atom. The van der Waals surface area contributed by atoms with Gasteiger partial charge in [-0.15, -0.1) is 5.10 Å². The molecule has 0 saturated heterocycles. The van der Waals surface area contributed by atoms with Crippen molar-refractivity contribution in [3.8, 4) is 0 Å². The van der Waals surface area contributed by atoms with E-state index in [0.29, 0.717) is 0 Å². The minimum Gasteiger partial charge on any atom is -0.318 e. The number of carbonyl (C=O) groups excluding carboxylic acids is 1. The summed E-state index contributed by atoms with van der Waals surface area (Å²) in [6.45, 7) is 5.29. The molecule has 0 fully saturated rings. The lowest BCUT2D eigenvalue weighted by molar-refractivity contribution is -0.143. The van der Waals surface area contributed by atoms with Crippen molar-refractivity contribution in [2.75, 3.05) is 0 Å². The highest BCUT2D eigenvalue weighted by Gasteiger charge is 2.05. The van der Waals surface area contributed by atoms with Crippen LogP contribution in [0.1, 0.15) is 32.4 Å². The lowest BCUT2D eigenvalue weighted by Crippen LogP contribution is -2.16. The average Bonchev–Trinajstić information content (AvgIpc) is 2.34. The predicted octanol–water partition coefficient (Wildman–Crippen LogP) is 0.377. The normalized spacial score (nSPS) is 10.3. The predicted molar refractivity (Wildman–Crippen MR) is 41.4 cm³/mol. The van der Waals surface area contributed by atoms with Gasteiger partial charge in [0, 0.05) is 6.92 Å². The van der Waals surface area contributed by atoms with Gasteiger partial charge >= 0.3 is 5.97 Å². The number of hydrogen-bond donors (Lipinski definition) is 0. The molecule has 0 radical (unpaired) electrons. The van der Waals surface area contributed by atoms with Crippen molar-refractivity contribution in [1.29, 1.82) is 0 Å². The molecule has 0 atom stereocenters. The summed E-state index contributed by atoms with van der Waals surface area (Å²) in [5.74, 6) is -0.121. The van der Waals surface area contributed by atoms with E-state index in [2.05, 4.69) is 15.1 Å². The van der Waals surface area contributed by atoms with Crippen LogP contribution in [0.25, 0.3) is 0 Å². The summed E-state index contributed by atoms with van der Waals surface area (Å²) in [6, 6.07) is 0. The molecule has 66 valence electrons. The Labute approximate surface area is 70.3 Å². The fourth-order valence-corrected chi connectivity index (χ4v) is 0.701. The summed E-state index contributed by atoms with van der Waals surface area (Å²) in [6.07, 6.45) is 1.59. The molecular weight excluding hydrogens is 158 g/mol. The van der Waals surface area contributed by atoms with Gasteiger partial charge in [0.15, 0.2) is 0 Å². The molecule has 1 heterocycles. The molecule has 0 aliphatic carbocycles. The van der Waals surface area contributed by atoms with Crippen LogP contribution in [0.4, 0.5) is 0 Å². The van der Waals surface area contributed by atoms with Crippen molar-refractivity contribution in [2.45, 2.75) is 26.7 Å². The van der Waals surface area contributed by atoms with E-state index in [-0.39, 0.29) is 5.92 Å². The third kappa shape index (κ3) is 2.05. The standard InChI is InChI=1S/C7H11N3O2/c1-5(2)7-4-10(9-8-7)12-6(3)11/h4-5H,1-3H3. The molecule has 5 nitrogen and oxygen atoms in total. The average molecular weight is 169 g/mol. The maximum atomic E-state index is 10.5. The first kappa shape index (κ1) is 8.70. The quantitative estimate of drug-likeness (QED) is 0.600. The molecule has 0 aromatic carbocycles. The Hall–Kier alpha value is -1.39. The molecule has 5 heteroatoms. The molecule has 0 unspecified atom stereocenters. The highest BCUT2D eigenvalue weighted by atomic mass is 16.7. The van der Waals surface area contributed by atoms with Crippen molar-refractivity contribution in [1.82, 2.24) is 15.2 Å². The molecule has 1 rings (SSSR count). The van der Waals surface area contributed by atoms with Crippen LogP contribution in [0.15, 0.2) is 6.20 Å². The van der Waals surface area contributed by atoms with Gasteiger partial charge in [-0.05, 0) is 11.1 Å². The highest BCUT2D eigenvalue weighted by molar-refractivity contribution is 5.66. The number of hydrogen-bond acceptors (Lipinski definition) is 4. The molecule has 0 spiro atoms. The molecule has 0 saturated carbocycles. The summed E-state index contributed by atoms with van der Waals surface area (Å²) in [7, 11) is 0. The minimum absolute atomic E-state index is 0.286. The smallest absolute Gasteiger partial charge is 0.318 e. The molecule has 0 aliphatic heterocycles.